The molecule has 0 unspecified atom stereocenters. The molecule has 0 saturated carbocycles. The highest BCUT2D eigenvalue weighted by molar-refractivity contribution is 6.44. The van der Waals surface area contributed by atoms with E-state index in [1.807, 2.05) is 30.3 Å². The predicted molar refractivity (Wildman–Crippen MR) is 117 cm³/mol. The molecule has 0 bridgehead atoms. The number of rotatable bonds is 8. The van der Waals surface area contributed by atoms with Crippen LogP contribution in [0.4, 0.5) is 11.4 Å². The number of ether oxygens (including phenoxy) is 2. The minimum Gasteiger partial charge on any atom is -0.457 e. The molecule has 0 aliphatic heterocycles. The summed E-state index contributed by atoms with van der Waals surface area (Å²) in [6, 6.07) is 21.2. The van der Waals surface area contributed by atoms with Crippen LogP contribution >= 0.6 is 23.2 Å². The Hall–Kier alpha value is -3.06. The van der Waals surface area contributed by atoms with E-state index in [-0.39, 0.29) is 24.1 Å². The van der Waals surface area contributed by atoms with Crippen LogP contribution in [0.5, 0.6) is 11.5 Å². The van der Waals surface area contributed by atoms with Crippen molar-refractivity contribution in [2.45, 2.75) is 0 Å². The maximum atomic E-state index is 12.0. The van der Waals surface area contributed by atoms with Crippen molar-refractivity contribution >= 4 is 46.4 Å². The first kappa shape index (κ1) is 21.6. The molecule has 2 amide bonds. The van der Waals surface area contributed by atoms with Gasteiger partial charge in [-0.3, -0.25) is 9.59 Å². The fourth-order valence-corrected chi connectivity index (χ4v) is 2.80. The van der Waals surface area contributed by atoms with Crippen molar-refractivity contribution in [3.63, 3.8) is 0 Å². The van der Waals surface area contributed by atoms with Crippen molar-refractivity contribution in [1.82, 2.24) is 0 Å². The summed E-state index contributed by atoms with van der Waals surface area (Å²) in [5.41, 5.74) is 0.958. The van der Waals surface area contributed by atoms with Crippen LogP contribution in [-0.2, 0) is 14.3 Å². The average molecular weight is 445 g/mol. The van der Waals surface area contributed by atoms with Gasteiger partial charge in [0.05, 0.1) is 15.7 Å². The molecular weight excluding hydrogens is 427 g/mol. The number of benzene rings is 3. The molecule has 0 aliphatic carbocycles. The van der Waals surface area contributed by atoms with E-state index in [1.165, 1.54) is 0 Å². The van der Waals surface area contributed by atoms with Gasteiger partial charge in [-0.25, -0.2) is 0 Å². The van der Waals surface area contributed by atoms with Crippen molar-refractivity contribution in [3.05, 3.63) is 82.8 Å². The second kappa shape index (κ2) is 10.6. The van der Waals surface area contributed by atoms with E-state index in [0.717, 1.165) is 5.75 Å². The maximum Gasteiger partial charge on any atom is 0.250 e. The monoisotopic (exact) mass is 444 g/mol. The van der Waals surface area contributed by atoms with E-state index in [2.05, 4.69) is 10.6 Å². The molecule has 2 N–H and O–H groups in total. The molecule has 154 valence electrons. The standard InChI is InChI=1S/C22H18Cl2N2O4/c23-18-7-4-8-19(22(18)24)26-21(28)14-29-13-20(27)25-15-9-11-17(12-10-15)30-16-5-2-1-3-6-16/h1-12H,13-14H2,(H,25,27)(H,26,28). The van der Waals surface area contributed by atoms with E-state index in [9.17, 15) is 9.59 Å². The summed E-state index contributed by atoms with van der Waals surface area (Å²) in [5, 5.41) is 5.83. The topological polar surface area (TPSA) is 76.7 Å². The summed E-state index contributed by atoms with van der Waals surface area (Å²) in [6.07, 6.45) is 0. The Morgan fingerprint density at radius 2 is 1.37 bits per heavy atom. The lowest BCUT2D eigenvalue weighted by Crippen LogP contribution is -2.24. The molecule has 8 heteroatoms. The summed E-state index contributed by atoms with van der Waals surface area (Å²) in [7, 11) is 0. The normalized spacial score (nSPS) is 10.3. The van der Waals surface area contributed by atoms with Gasteiger partial charge in [-0.2, -0.15) is 0 Å². The van der Waals surface area contributed by atoms with Gasteiger partial charge in [-0.15, -0.1) is 0 Å². The fraction of sp³-hybridized carbons (Fsp3) is 0.0909. The summed E-state index contributed by atoms with van der Waals surface area (Å²) >= 11 is 11.9. The van der Waals surface area contributed by atoms with Gasteiger partial charge in [0.2, 0.25) is 11.8 Å². The van der Waals surface area contributed by atoms with Crippen LogP contribution in [0.2, 0.25) is 10.0 Å². The zero-order valence-corrected chi connectivity index (χ0v) is 17.2. The number of hydrogen-bond donors (Lipinski definition) is 2. The van der Waals surface area contributed by atoms with Gasteiger partial charge in [-0.1, -0.05) is 47.5 Å². The van der Waals surface area contributed by atoms with Crippen LogP contribution < -0.4 is 15.4 Å². The average Bonchev–Trinajstić information content (AvgIpc) is 2.74. The van der Waals surface area contributed by atoms with Crippen LogP contribution in [0.25, 0.3) is 0 Å². The Balaban J connectivity index is 1.41. The number of anilines is 2. The zero-order valence-electron chi connectivity index (χ0n) is 15.7. The summed E-state index contributed by atoms with van der Waals surface area (Å²) in [5.74, 6) is 0.529. The van der Waals surface area contributed by atoms with Gasteiger partial charge in [0.25, 0.3) is 0 Å². The minimum atomic E-state index is -0.450. The van der Waals surface area contributed by atoms with Crippen molar-refractivity contribution in [1.29, 1.82) is 0 Å². The van der Waals surface area contributed by atoms with Crippen molar-refractivity contribution in [2.75, 3.05) is 23.8 Å². The largest absolute Gasteiger partial charge is 0.457 e. The molecule has 0 aliphatic rings. The highest BCUT2D eigenvalue weighted by atomic mass is 35.5. The SMILES string of the molecule is O=C(COCC(=O)Nc1cccc(Cl)c1Cl)Nc1ccc(Oc2ccccc2)cc1. The molecule has 3 aromatic rings. The van der Waals surface area contributed by atoms with E-state index in [4.69, 9.17) is 32.7 Å². The molecule has 0 fully saturated rings. The molecular formula is C22H18Cl2N2O4. The smallest absolute Gasteiger partial charge is 0.250 e. The van der Waals surface area contributed by atoms with Gasteiger partial charge < -0.3 is 20.1 Å². The highest BCUT2D eigenvalue weighted by Crippen LogP contribution is 2.29. The van der Waals surface area contributed by atoms with E-state index < -0.39 is 5.91 Å². The Morgan fingerprint density at radius 1 is 0.733 bits per heavy atom. The van der Waals surface area contributed by atoms with Gasteiger partial charge in [0, 0.05) is 5.69 Å². The zero-order chi connectivity index (χ0) is 21.3. The predicted octanol–water partition coefficient (Wildman–Crippen LogP) is 5.38. The first-order chi connectivity index (χ1) is 14.5. The molecule has 0 heterocycles. The Kier molecular flexibility index (Phi) is 7.68. The van der Waals surface area contributed by atoms with Crippen molar-refractivity contribution in [3.8, 4) is 11.5 Å². The first-order valence-electron chi connectivity index (χ1n) is 8.95. The molecule has 0 aromatic heterocycles. The number of para-hydroxylation sites is 1. The van der Waals surface area contributed by atoms with Crippen LogP contribution in [0, 0.1) is 0 Å². The fourth-order valence-electron chi connectivity index (χ4n) is 2.45. The summed E-state index contributed by atoms with van der Waals surface area (Å²) in [4.78, 5) is 23.9. The van der Waals surface area contributed by atoms with Crippen molar-refractivity contribution < 1.29 is 19.1 Å². The maximum absolute atomic E-state index is 12.0. The van der Waals surface area contributed by atoms with E-state index >= 15 is 0 Å². The van der Waals surface area contributed by atoms with Gasteiger partial charge in [0.1, 0.15) is 24.7 Å². The molecule has 0 radical (unpaired) electrons. The van der Waals surface area contributed by atoms with Crippen LogP contribution in [0.15, 0.2) is 72.8 Å². The second-order valence-corrected chi connectivity index (χ2v) is 6.92. The van der Waals surface area contributed by atoms with Gasteiger partial charge in [-0.05, 0) is 48.5 Å². The number of amides is 2. The molecule has 0 spiro atoms. The van der Waals surface area contributed by atoms with Crippen LogP contribution in [-0.4, -0.2) is 25.0 Å². The number of carbonyl (C=O) groups is 2. The number of halogens is 2. The van der Waals surface area contributed by atoms with Crippen LogP contribution in [0.3, 0.4) is 0 Å². The Bertz CT molecular complexity index is 1010. The third kappa shape index (κ3) is 6.49. The number of carbonyl (C=O) groups excluding carboxylic acids is 2. The van der Waals surface area contributed by atoms with Gasteiger partial charge in [0.15, 0.2) is 0 Å². The lowest BCUT2D eigenvalue weighted by atomic mass is 10.3. The third-order valence-corrected chi connectivity index (χ3v) is 4.63. The lowest BCUT2D eigenvalue weighted by Gasteiger charge is -2.10. The molecule has 0 saturated heterocycles. The molecule has 3 aromatic carbocycles. The van der Waals surface area contributed by atoms with E-state index in [0.29, 0.717) is 22.1 Å². The van der Waals surface area contributed by atoms with Crippen LogP contribution in [0.1, 0.15) is 0 Å². The lowest BCUT2D eigenvalue weighted by molar-refractivity contribution is -0.125. The molecule has 6 nitrogen and oxygen atoms in total. The summed E-state index contributed by atoms with van der Waals surface area (Å²) < 4.78 is 10.8. The van der Waals surface area contributed by atoms with Gasteiger partial charge >= 0.3 is 0 Å². The second-order valence-electron chi connectivity index (χ2n) is 6.13. The third-order valence-electron chi connectivity index (χ3n) is 3.81. The minimum absolute atomic E-state index is 0.241. The first-order valence-corrected chi connectivity index (χ1v) is 9.71. The summed E-state index contributed by atoms with van der Waals surface area (Å²) in [6.45, 7) is -0.584. The Morgan fingerprint density at radius 3 is 2.07 bits per heavy atom. The molecule has 3 rings (SSSR count). The van der Waals surface area contributed by atoms with Crippen molar-refractivity contribution in [2.24, 2.45) is 0 Å². The quantitative estimate of drug-likeness (QED) is 0.488. The van der Waals surface area contributed by atoms with E-state index in [1.54, 1.807) is 42.5 Å². The Labute approximate surface area is 183 Å². The highest BCUT2D eigenvalue weighted by Gasteiger charge is 2.10. The number of nitrogens with one attached hydrogen (secondary N) is 2. The molecule has 0 atom stereocenters. The number of hydrogen-bond acceptors (Lipinski definition) is 4. The molecule has 30 heavy (non-hydrogen) atoms.